The van der Waals surface area contributed by atoms with Crippen molar-refractivity contribution < 1.29 is 8.42 Å². The normalized spacial score (nSPS) is 15.6. The second-order valence-corrected chi connectivity index (χ2v) is 7.84. The Bertz CT molecular complexity index is 764. The molecule has 1 aliphatic carbocycles. The van der Waals surface area contributed by atoms with Crippen LogP contribution < -0.4 is 0 Å². The first-order chi connectivity index (χ1) is 9.36. The molecule has 106 valence electrons. The van der Waals surface area contributed by atoms with Crippen molar-refractivity contribution in [3.05, 3.63) is 28.2 Å². The van der Waals surface area contributed by atoms with E-state index in [-0.39, 0.29) is 11.2 Å². The molecule has 0 bridgehead atoms. The third-order valence-electron chi connectivity index (χ3n) is 2.92. The zero-order valence-electron chi connectivity index (χ0n) is 9.92. The van der Waals surface area contributed by atoms with Crippen molar-refractivity contribution in [2.24, 2.45) is 0 Å². The maximum absolute atomic E-state index is 11.6. The highest BCUT2D eigenvalue weighted by atomic mass is 35.7. The molecule has 5 nitrogen and oxygen atoms in total. The van der Waals surface area contributed by atoms with Gasteiger partial charge in [0.2, 0.25) is 0 Å². The van der Waals surface area contributed by atoms with Crippen LogP contribution in [0, 0.1) is 0 Å². The first-order valence-electron chi connectivity index (χ1n) is 5.72. The molecule has 3 rings (SSSR count). The first-order valence-corrected chi connectivity index (χ1v) is 8.79. The van der Waals surface area contributed by atoms with E-state index in [1.807, 2.05) is 0 Å². The fourth-order valence-electron chi connectivity index (χ4n) is 1.98. The Morgan fingerprint density at radius 2 is 1.70 bits per heavy atom. The van der Waals surface area contributed by atoms with Crippen LogP contribution in [-0.2, 0) is 9.05 Å². The van der Waals surface area contributed by atoms with Crippen LogP contribution in [0.2, 0.25) is 10.0 Å². The maximum atomic E-state index is 11.6. The highest BCUT2D eigenvalue weighted by molar-refractivity contribution is 8.13. The Morgan fingerprint density at radius 3 is 2.20 bits per heavy atom. The fraction of sp³-hybridized carbons (Fsp3) is 0.273. The van der Waals surface area contributed by atoms with Gasteiger partial charge in [-0.25, -0.2) is 8.42 Å². The van der Waals surface area contributed by atoms with Crippen LogP contribution in [0.1, 0.15) is 18.9 Å². The summed E-state index contributed by atoms with van der Waals surface area (Å²) in [5, 5.41) is 8.25. The molecule has 0 atom stereocenters. The summed E-state index contributed by atoms with van der Waals surface area (Å²) in [5.74, 6) is 0.399. The number of nitrogens with zero attached hydrogens (tertiary/aromatic N) is 3. The monoisotopic (exact) mass is 351 g/mol. The van der Waals surface area contributed by atoms with Crippen LogP contribution in [0.3, 0.4) is 0 Å². The predicted molar refractivity (Wildman–Crippen MR) is 76.8 cm³/mol. The number of hydrogen-bond donors (Lipinski definition) is 0. The second-order valence-electron chi connectivity index (χ2n) is 4.50. The predicted octanol–water partition coefficient (Wildman–Crippen LogP) is 3.51. The minimum atomic E-state index is -3.95. The summed E-state index contributed by atoms with van der Waals surface area (Å²) in [5.41, 5.74) is 0.605. The average molecular weight is 353 g/mol. The molecule has 0 spiro atoms. The lowest BCUT2D eigenvalue weighted by molar-refractivity contribution is 0.579. The summed E-state index contributed by atoms with van der Waals surface area (Å²) in [7, 11) is 1.45. The minimum Gasteiger partial charge on any atom is -0.294 e. The van der Waals surface area contributed by atoms with Crippen molar-refractivity contribution in [2.75, 3.05) is 0 Å². The highest BCUT2D eigenvalue weighted by Crippen LogP contribution is 2.41. The first kappa shape index (κ1) is 14.1. The number of hydrogen-bond acceptors (Lipinski definition) is 4. The Kier molecular flexibility index (Phi) is 3.44. The van der Waals surface area contributed by atoms with E-state index in [0.29, 0.717) is 21.4 Å². The molecule has 0 unspecified atom stereocenters. The van der Waals surface area contributed by atoms with Crippen molar-refractivity contribution in [1.82, 2.24) is 14.8 Å². The molecule has 1 fully saturated rings. The molecule has 20 heavy (non-hydrogen) atoms. The second kappa shape index (κ2) is 4.87. The smallest absolute Gasteiger partial charge is 0.294 e. The van der Waals surface area contributed by atoms with E-state index in [4.69, 9.17) is 33.9 Å². The molecule has 0 aliphatic heterocycles. The summed E-state index contributed by atoms with van der Waals surface area (Å²) < 4.78 is 24.6. The van der Waals surface area contributed by atoms with Crippen LogP contribution in [0.25, 0.3) is 11.4 Å². The van der Waals surface area contributed by atoms with Gasteiger partial charge in [0.05, 0.1) is 0 Å². The SMILES string of the molecule is O=S(=O)(Cl)c1nnc(-c2cc(Cl)cc(Cl)c2)n1C1CC1. The molecule has 1 aliphatic rings. The Hall–Kier alpha value is -0.820. The molecule has 1 heterocycles. The van der Waals surface area contributed by atoms with Gasteiger partial charge in [-0.2, -0.15) is 0 Å². The molecular weight excluding hydrogens is 345 g/mol. The van der Waals surface area contributed by atoms with Gasteiger partial charge in [-0.1, -0.05) is 23.2 Å². The van der Waals surface area contributed by atoms with Gasteiger partial charge in [0.1, 0.15) is 0 Å². The van der Waals surface area contributed by atoms with E-state index in [9.17, 15) is 8.42 Å². The van der Waals surface area contributed by atoms with E-state index in [2.05, 4.69) is 10.2 Å². The van der Waals surface area contributed by atoms with Gasteiger partial charge < -0.3 is 0 Å². The number of aromatic nitrogens is 3. The van der Waals surface area contributed by atoms with Crippen LogP contribution in [-0.4, -0.2) is 23.2 Å². The molecule has 1 aromatic heterocycles. The summed E-state index contributed by atoms with van der Waals surface area (Å²) >= 11 is 11.9. The minimum absolute atomic E-state index is 0.0429. The van der Waals surface area contributed by atoms with Crippen molar-refractivity contribution in [3.63, 3.8) is 0 Å². The van der Waals surface area contributed by atoms with Gasteiger partial charge in [0.25, 0.3) is 14.2 Å². The van der Waals surface area contributed by atoms with Crippen molar-refractivity contribution in [1.29, 1.82) is 0 Å². The Balaban J connectivity index is 2.22. The zero-order chi connectivity index (χ0) is 14.5. The zero-order valence-corrected chi connectivity index (χ0v) is 13.0. The van der Waals surface area contributed by atoms with Crippen molar-refractivity contribution >= 4 is 42.9 Å². The average Bonchev–Trinajstić information content (AvgIpc) is 3.04. The summed E-state index contributed by atoms with van der Waals surface area (Å²) in [6.45, 7) is 0. The summed E-state index contributed by atoms with van der Waals surface area (Å²) in [6, 6.07) is 4.94. The van der Waals surface area contributed by atoms with Gasteiger partial charge in [-0.3, -0.25) is 4.57 Å². The summed E-state index contributed by atoms with van der Waals surface area (Å²) in [4.78, 5) is 0. The fourth-order valence-corrected chi connectivity index (χ4v) is 3.44. The topological polar surface area (TPSA) is 64.8 Å². The van der Waals surface area contributed by atoms with Gasteiger partial charge >= 0.3 is 0 Å². The molecular formula is C11H8Cl3N3O2S. The molecule has 0 N–H and O–H groups in total. The lowest BCUT2D eigenvalue weighted by Gasteiger charge is -2.08. The summed E-state index contributed by atoms with van der Waals surface area (Å²) in [6.07, 6.45) is 1.72. The molecule has 1 saturated carbocycles. The standard InChI is InChI=1S/C11H8Cl3N3O2S/c12-7-3-6(4-8(13)5-7)10-15-16-11(20(14,18)19)17(10)9-1-2-9/h3-5,9H,1-2H2. The Morgan fingerprint density at radius 1 is 1.10 bits per heavy atom. The maximum Gasteiger partial charge on any atom is 0.296 e. The molecule has 9 heteroatoms. The van der Waals surface area contributed by atoms with Crippen LogP contribution in [0.5, 0.6) is 0 Å². The van der Waals surface area contributed by atoms with E-state index in [1.165, 1.54) is 4.57 Å². The van der Waals surface area contributed by atoms with Gasteiger partial charge in [0.15, 0.2) is 5.82 Å². The molecule has 2 aromatic rings. The largest absolute Gasteiger partial charge is 0.296 e. The van der Waals surface area contributed by atoms with Crippen molar-refractivity contribution in [3.8, 4) is 11.4 Å². The van der Waals surface area contributed by atoms with Gasteiger partial charge in [-0.05, 0) is 31.0 Å². The lowest BCUT2D eigenvalue weighted by atomic mass is 10.2. The van der Waals surface area contributed by atoms with Crippen LogP contribution in [0.4, 0.5) is 0 Å². The molecule has 0 radical (unpaired) electrons. The van der Waals surface area contributed by atoms with E-state index in [0.717, 1.165) is 12.8 Å². The highest BCUT2D eigenvalue weighted by Gasteiger charge is 2.34. The van der Waals surface area contributed by atoms with E-state index < -0.39 is 9.05 Å². The quantitative estimate of drug-likeness (QED) is 0.793. The number of rotatable bonds is 3. The van der Waals surface area contributed by atoms with E-state index in [1.54, 1.807) is 18.2 Å². The third kappa shape index (κ3) is 2.65. The Labute approximate surface area is 129 Å². The van der Waals surface area contributed by atoms with Crippen LogP contribution >= 0.6 is 33.9 Å². The van der Waals surface area contributed by atoms with Crippen molar-refractivity contribution in [2.45, 2.75) is 24.0 Å². The molecule has 0 amide bonds. The van der Waals surface area contributed by atoms with Gasteiger partial charge in [-0.15, -0.1) is 10.2 Å². The lowest BCUT2D eigenvalue weighted by Crippen LogP contribution is -2.06. The third-order valence-corrected chi connectivity index (χ3v) is 4.48. The molecule has 1 aromatic carbocycles. The molecule has 0 saturated heterocycles. The van der Waals surface area contributed by atoms with E-state index >= 15 is 0 Å². The van der Waals surface area contributed by atoms with Gasteiger partial charge in [0, 0.05) is 32.3 Å². The van der Waals surface area contributed by atoms with Crippen LogP contribution in [0.15, 0.2) is 23.4 Å². The number of halogens is 3. The number of benzene rings is 1.